The standard InChI is InChI=1S/C16H19N5O4/c1-9(2)21-14-12(7-18-21)11(6-10(3)19-14)15(23)25-8-13(22)20-5-4-17-16(20)24/h6-7,9H,4-5,8H2,1-3H3,(H,17,24). The number of carbonyl (C=O) groups is 3. The van der Waals surface area contributed by atoms with Crippen LogP contribution in [-0.4, -0.2) is 57.3 Å². The van der Waals surface area contributed by atoms with Crippen LogP contribution in [0.15, 0.2) is 12.3 Å². The van der Waals surface area contributed by atoms with Crippen LogP contribution < -0.4 is 5.32 Å². The third kappa shape index (κ3) is 3.17. The molecule has 2 aromatic heterocycles. The fourth-order valence-electron chi connectivity index (χ4n) is 2.68. The van der Waals surface area contributed by atoms with Gasteiger partial charge in [0.1, 0.15) is 0 Å². The molecule has 1 aliphatic rings. The number of urea groups is 1. The second-order valence-corrected chi connectivity index (χ2v) is 6.08. The zero-order chi connectivity index (χ0) is 18.1. The second-order valence-electron chi connectivity index (χ2n) is 6.08. The highest BCUT2D eigenvalue weighted by atomic mass is 16.5. The maximum absolute atomic E-state index is 12.4. The molecule has 3 heterocycles. The Morgan fingerprint density at radius 1 is 1.40 bits per heavy atom. The molecule has 3 amide bonds. The molecule has 0 atom stereocenters. The first-order chi connectivity index (χ1) is 11.9. The van der Waals surface area contributed by atoms with E-state index in [2.05, 4.69) is 15.4 Å². The molecule has 0 unspecified atom stereocenters. The molecule has 2 aromatic rings. The number of ether oxygens (including phenoxy) is 1. The van der Waals surface area contributed by atoms with Crippen LogP contribution in [0.25, 0.3) is 11.0 Å². The van der Waals surface area contributed by atoms with E-state index in [0.29, 0.717) is 28.8 Å². The van der Waals surface area contributed by atoms with Gasteiger partial charge >= 0.3 is 12.0 Å². The Labute approximate surface area is 143 Å². The van der Waals surface area contributed by atoms with Crippen molar-refractivity contribution in [2.24, 2.45) is 0 Å². The van der Waals surface area contributed by atoms with Crippen LogP contribution in [0.3, 0.4) is 0 Å². The monoisotopic (exact) mass is 345 g/mol. The van der Waals surface area contributed by atoms with E-state index in [0.717, 1.165) is 4.90 Å². The summed E-state index contributed by atoms with van der Waals surface area (Å²) in [6.07, 6.45) is 1.56. The molecule has 0 bridgehead atoms. The Bertz CT molecular complexity index is 858. The van der Waals surface area contributed by atoms with Crippen molar-refractivity contribution in [3.05, 3.63) is 23.5 Å². The Balaban J connectivity index is 1.80. The quantitative estimate of drug-likeness (QED) is 0.830. The predicted octanol–water partition coefficient (Wildman–Crippen LogP) is 1.03. The van der Waals surface area contributed by atoms with Crippen LogP contribution in [0.1, 0.15) is 35.9 Å². The largest absolute Gasteiger partial charge is 0.452 e. The lowest BCUT2D eigenvalue weighted by atomic mass is 10.1. The summed E-state index contributed by atoms with van der Waals surface area (Å²) < 4.78 is 6.83. The van der Waals surface area contributed by atoms with Gasteiger partial charge in [0.05, 0.1) is 17.1 Å². The topological polar surface area (TPSA) is 106 Å². The van der Waals surface area contributed by atoms with Gasteiger partial charge in [-0.25, -0.2) is 19.3 Å². The van der Waals surface area contributed by atoms with Crippen molar-refractivity contribution in [2.75, 3.05) is 19.7 Å². The number of nitrogens with zero attached hydrogens (tertiary/aromatic N) is 4. The lowest BCUT2D eigenvalue weighted by molar-refractivity contribution is -0.130. The molecule has 9 nitrogen and oxygen atoms in total. The number of fused-ring (bicyclic) bond motifs is 1. The van der Waals surface area contributed by atoms with Crippen LogP contribution in [0, 0.1) is 6.92 Å². The molecule has 0 radical (unpaired) electrons. The fraction of sp³-hybridized carbons (Fsp3) is 0.438. The number of esters is 1. The maximum atomic E-state index is 12.4. The molecular formula is C16H19N5O4. The number of amides is 3. The summed E-state index contributed by atoms with van der Waals surface area (Å²) in [5.41, 5.74) is 1.53. The number of aryl methyl sites for hydroxylation is 1. The Kier molecular flexibility index (Phi) is 4.39. The summed E-state index contributed by atoms with van der Waals surface area (Å²) >= 11 is 0. The van der Waals surface area contributed by atoms with E-state index >= 15 is 0 Å². The van der Waals surface area contributed by atoms with Gasteiger partial charge in [-0.05, 0) is 26.8 Å². The van der Waals surface area contributed by atoms with Crippen molar-refractivity contribution in [2.45, 2.75) is 26.8 Å². The molecular weight excluding hydrogens is 326 g/mol. The van der Waals surface area contributed by atoms with Gasteiger partial charge in [-0.2, -0.15) is 5.10 Å². The van der Waals surface area contributed by atoms with Crippen molar-refractivity contribution < 1.29 is 19.1 Å². The average Bonchev–Trinajstić information content (AvgIpc) is 3.17. The van der Waals surface area contributed by atoms with E-state index in [1.807, 2.05) is 13.8 Å². The van der Waals surface area contributed by atoms with Gasteiger partial charge in [0, 0.05) is 24.8 Å². The number of nitrogens with one attached hydrogen (secondary N) is 1. The first-order valence-corrected chi connectivity index (χ1v) is 7.98. The molecule has 25 heavy (non-hydrogen) atoms. The minimum Gasteiger partial charge on any atom is -0.452 e. The molecule has 0 saturated carbocycles. The zero-order valence-corrected chi connectivity index (χ0v) is 14.3. The lowest BCUT2D eigenvalue weighted by Crippen LogP contribution is -2.37. The smallest absolute Gasteiger partial charge is 0.339 e. The summed E-state index contributed by atoms with van der Waals surface area (Å²) in [6.45, 7) is 5.88. The first kappa shape index (κ1) is 16.9. The van der Waals surface area contributed by atoms with Gasteiger partial charge in [0.15, 0.2) is 12.3 Å². The Morgan fingerprint density at radius 2 is 2.16 bits per heavy atom. The molecule has 1 fully saturated rings. The SMILES string of the molecule is Cc1cc(C(=O)OCC(=O)N2CCNC2=O)c2cnn(C(C)C)c2n1. The lowest BCUT2D eigenvalue weighted by Gasteiger charge is -2.12. The highest BCUT2D eigenvalue weighted by molar-refractivity contribution is 6.04. The van der Waals surface area contributed by atoms with Crippen LogP contribution in [0.4, 0.5) is 4.79 Å². The third-order valence-corrected chi connectivity index (χ3v) is 3.89. The van der Waals surface area contributed by atoms with E-state index in [-0.39, 0.29) is 12.6 Å². The molecule has 1 N–H and O–H groups in total. The summed E-state index contributed by atoms with van der Waals surface area (Å²) in [6, 6.07) is 1.22. The van der Waals surface area contributed by atoms with Crippen LogP contribution in [0.2, 0.25) is 0 Å². The third-order valence-electron chi connectivity index (χ3n) is 3.89. The predicted molar refractivity (Wildman–Crippen MR) is 88.0 cm³/mol. The van der Waals surface area contributed by atoms with E-state index < -0.39 is 24.5 Å². The Morgan fingerprint density at radius 3 is 2.80 bits per heavy atom. The average molecular weight is 345 g/mol. The highest BCUT2D eigenvalue weighted by Crippen LogP contribution is 2.21. The molecule has 0 aromatic carbocycles. The second kappa shape index (κ2) is 6.50. The van der Waals surface area contributed by atoms with Gasteiger partial charge in [-0.15, -0.1) is 0 Å². The molecule has 3 rings (SSSR count). The molecule has 9 heteroatoms. The summed E-state index contributed by atoms with van der Waals surface area (Å²) in [4.78, 5) is 41.3. The number of hydrogen-bond acceptors (Lipinski definition) is 6. The van der Waals surface area contributed by atoms with Crippen molar-refractivity contribution in [1.82, 2.24) is 25.0 Å². The van der Waals surface area contributed by atoms with Crippen molar-refractivity contribution in [1.29, 1.82) is 0 Å². The van der Waals surface area contributed by atoms with E-state index in [9.17, 15) is 14.4 Å². The molecule has 0 aliphatic carbocycles. The molecule has 0 spiro atoms. The highest BCUT2D eigenvalue weighted by Gasteiger charge is 2.27. The van der Waals surface area contributed by atoms with Crippen LogP contribution >= 0.6 is 0 Å². The minimum absolute atomic E-state index is 0.0888. The first-order valence-electron chi connectivity index (χ1n) is 7.98. The number of aromatic nitrogens is 3. The normalized spacial score (nSPS) is 14.2. The zero-order valence-electron chi connectivity index (χ0n) is 14.3. The van der Waals surface area contributed by atoms with Gasteiger partial charge < -0.3 is 10.1 Å². The van der Waals surface area contributed by atoms with Crippen LogP contribution in [-0.2, 0) is 9.53 Å². The summed E-state index contributed by atoms with van der Waals surface area (Å²) in [5.74, 6) is -1.20. The van der Waals surface area contributed by atoms with Crippen molar-refractivity contribution >= 4 is 28.9 Å². The van der Waals surface area contributed by atoms with Gasteiger partial charge in [0.25, 0.3) is 5.91 Å². The fourth-order valence-corrected chi connectivity index (χ4v) is 2.68. The van der Waals surface area contributed by atoms with E-state index in [1.54, 1.807) is 23.9 Å². The number of carbonyl (C=O) groups excluding carboxylic acids is 3. The maximum Gasteiger partial charge on any atom is 0.339 e. The number of hydrogen-bond donors (Lipinski definition) is 1. The minimum atomic E-state index is -0.647. The molecule has 1 saturated heterocycles. The van der Waals surface area contributed by atoms with E-state index in [1.165, 1.54) is 0 Å². The van der Waals surface area contributed by atoms with Crippen molar-refractivity contribution in [3.8, 4) is 0 Å². The van der Waals surface area contributed by atoms with Gasteiger partial charge in [0.2, 0.25) is 0 Å². The number of rotatable bonds is 4. The number of pyridine rings is 1. The van der Waals surface area contributed by atoms with Crippen LogP contribution in [0.5, 0.6) is 0 Å². The summed E-state index contributed by atoms with van der Waals surface area (Å²) in [7, 11) is 0. The Hall–Kier alpha value is -2.97. The van der Waals surface area contributed by atoms with Crippen molar-refractivity contribution in [3.63, 3.8) is 0 Å². The summed E-state index contributed by atoms with van der Waals surface area (Å²) in [5, 5.41) is 7.35. The number of imide groups is 1. The molecule has 132 valence electrons. The van der Waals surface area contributed by atoms with Gasteiger partial charge in [-0.3, -0.25) is 9.69 Å². The van der Waals surface area contributed by atoms with Gasteiger partial charge in [-0.1, -0.05) is 0 Å². The van der Waals surface area contributed by atoms with E-state index in [4.69, 9.17) is 4.74 Å². The molecule has 1 aliphatic heterocycles.